The van der Waals surface area contributed by atoms with Crippen molar-refractivity contribution in [1.82, 2.24) is 5.32 Å². The van der Waals surface area contributed by atoms with Gasteiger partial charge >= 0.3 is 6.36 Å². The number of nitrogens with one attached hydrogen (secondary N) is 1. The van der Waals surface area contributed by atoms with Gasteiger partial charge in [0.2, 0.25) is 0 Å². The van der Waals surface area contributed by atoms with E-state index in [1.54, 1.807) is 12.1 Å². The summed E-state index contributed by atoms with van der Waals surface area (Å²) in [5.41, 5.74) is 0.909. The Balaban J connectivity index is 2.48. The Labute approximate surface area is 136 Å². The highest BCUT2D eigenvalue weighted by Crippen LogP contribution is 2.31. The number of ether oxygens (including phenoxy) is 1. The third kappa shape index (κ3) is 7.97. The molecule has 0 radical (unpaired) electrons. The lowest BCUT2D eigenvalue weighted by Crippen LogP contribution is -2.26. The minimum Gasteiger partial charge on any atom is -0.405 e. The quantitative estimate of drug-likeness (QED) is 0.638. The van der Waals surface area contributed by atoms with E-state index in [1.165, 1.54) is 6.07 Å². The Kier molecular flexibility index (Phi) is 7.90. The van der Waals surface area contributed by atoms with Crippen molar-refractivity contribution in [2.45, 2.75) is 39.2 Å². The lowest BCUT2D eigenvalue weighted by Gasteiger charge is -2.15. The van der Waals surface area contributed by atoms with Gasteiger partial charge in [-0.25, -0.2) is 0 Å². The first-order valence-corrected chi connectivity index (χ1v) is 8.62. The van der Waals surface area contributed by atoms with Crippen LogP contribution in [0.3, 0.4) is 0 Å². The number of hydrogen-bond donors (Lipinski definition) is 1. The summed E-state index contributed by atoms with van der Waals surface area (Å²) in [6, 6.07) is 4.97. The Morgan fingerprint density at radius 3 is 2.67 bits per heavy atom. The summed E-state index contributed by atoms with van der Waals surface area (Å²) >= 11 is 5.00. The van der Waals surface area contributed by atoms with Gasteiger partial charge in [0, 0.05) is 12.6 Å². The van der Waals surface area contributed by atoms with Crippen LogP contribution in [-0.2, 0) is 6.54 Å². The predicted octanol–water partition coefficient (Wildman–Crippen LogP) is 4.97. The molecule has 0 saturated carbocycles. The van der Waals surface area contributed by atoms with Gasteiger partial charge < -0.3 is 10.1 Å². The second-order valence-electron chi connectivity index (χ2n) is 4.58. The van der Waals surface area contributed by atoms with Gasteiger partial charge in [-0.1, -0.05) is 13.0 Å². The molecule has 1 unspecified atom stereocenters. The van der Waals surface area contributed by atoms with Gasteiger partial charge in [0.25, 0.3) is 0 Å². The van der Waals surface area contributed by atoms with E-state index in [0.717, 1.165) is 23.5 Å². The zero-order valence-corrected chi connectivity index (χ0v) is 14.4. The van der Waals surface area contributed by atoms with Crippen LogP contribution in [0, 0.1) is 0 Å². The van der Waals surface area contributed by atoms with Gasteiger partial charge in [-0.2, -0.15) is 11.8 Å². The molecule has 21 heavy (non-hydrogen) atoms. The molecule has 1 atom stereocenters. The Morgan fingerprint density at radius 2 is 2.10 bits per heavy atom. The summed E-state index contributed by atoms with van der Waals surface area (Å²) in [6.45, 7) is 4.85. The average molecular weight is 386 g/mol. The Morgan fingerprint density at radius 1 is 1.38 bits per heavy atom. The van der Waals surface area contributed by atoms with E-state index in [2.05, 4.69) is 39.8 Å². The summed E-state index contributed by atoms with van der Waals surface area (Å²) in [5, 5.41) is 3.36. The van der Waals surface area contributed by atoms with E-state index in [0.29, 0.717) is 17.1 Å². The maximum absolute atomic E-state index is 12.2. The molecule has 0 heterocycles. The molecule has 0 saturated heterocycles. The SMILES string of the molecule is CCSCCC(C)NCc1ccc(OC(F)(F)F)c(Br)c1. The number of hydrogen-bond acceptors (Lipinski definition) is 3. The third-order valence-electron chi connectivity index (χ3n) is 2.78. The molecular weight excluding hydrogens is 367 g/mol. The van der Waals surface area contributed by atoms with Crippen molar-refractivity contribution in [3.05, 3.63) is 28.2 Å². The zero-order chi connectivity index (χ0) is 15.9. The fraction of sp³-hybridized carbons (Fsp3) is 0.571. The van der Waals surface area contributed by atoms with Crippen molar-refractivity contribution in [3.8, 4) is 5.75 Å². The fourth-order valence-corrected chi connectivity index (χ4v) is 2.98. The molecule has 0 aliphatic rings. The highest BCUT2D eigenvalue weighted by molar-refractivity contribution is 9.10. The first-order chi connectivity index (χ1) is 9.81. The zero-order valence-electron chi connectivity index (χ0n) is 12.0. The summed E-state index contributed by atoms with van der Waals surface area (Å²) < 4.78 is 40.7. The fourth-order valence-electron chi connectivity index (χ4n) is 1.66. The lowest BCUT2D eigenvalue weighted by atomic mass is 10.2. The van der Waals surface area contributed by atoms with Crippen molar-refractivity contribution in [1.29, 1.82) is 0 Å². The van der Waals surface area contributed by atoms with Gasteiger partial charge in [-0.3, -0.25) is 0 Å². The molecule has 1 rings (SSSR count). The summed E-state index contributed by atoms with van der Waals surface area (Å²) in [4.78, 5) is 0. The molecule has 0 aliphatic carbocycles. The number of rotatable bonds is 8. The van der Waals surface area contributed by atoms with Gasteiger partial charge in [0.1, 0.15) is 5.75 Å². The summed E-state index contributed by atoms with van der Waals surface area (Å²) in [7, 11) is 0. The minimum atomic E-state index is -4.67. The first-order valence-electron chi connectivity index (χ1n) is 6.67. The Hall–Kier alpha value is -0.400. The molecule has 7 heteroatoms. The van der Waals surface area contributed by atoms with Crippen LogP contribution in [-0.4, -0.2) is 23.9 Å². The lowest BCUT2D eigenvalue weighted by molar-refractivity contribution is -0.274. The highest BCUT2D eigenvalue weighted by atomic mass is 79.9. The molecule has 1 aromatic carbocycles. The van der Waals surface area contributed by atoms with Crippen molar-refractivity contribution < 1.29 is 17.9 Å². The van der Waals surface area contributed by atoms with Crippen LogP contribution in [0.15, 0.2) is 22.7 Å². The van der Waals surface area contributed by atoms with E-state index in [-0.39, 0.29) is 5.75 Å². The largest absolute Gasteiger partial charge is 0.573 e. The normalized spacial score (nSPS) is 13.2. The number of benzene rings is 1. The molecule has 2 nitrogen and oxygen atoms in total. The second-order valence-corrected chi connectivity index (χ2v) is 6.83. The first kappa shape index (κ1) is 18.6. The maximum Gasteiger partial charge on any atom is 0.573 e. The summed E-state index contributed by atoms with van der Waals surface area (Å²) in [6.07, 6.45) is -3.61. The van der Waals surface area contributed by atoms with Crippen LogP contribution in [0.4, 0.5) is 13.2 Å². The highest BCUT2D eigenvalue weighted by Gasteiger charge is 2.31. The molecule has 1 aromatic rings. The number of thioether (sulfide) groups is 1. The molecule has 0 aliphatic heterocycles. The van der Waals surface area contributed by atoms with Crippen molar-refractivity contribution >= 4 is 27.7 Å². The molecule has 0 bridgehead atoms. The van der Waals surface area contributed by atoms with Crippen LogP contribution in [0.25, 0.3) is 0 Å². The van der Waals surface area contributed by atoms with E-state index in [4.69, 9.17) is 0 Å². The van der Waals surface area contributed by atoms with Gasteiger partial charge in [-0.15, -0.1) is 13.2 Å². The smallest absolute Gasteiger partial charge is 0.405 e. The van der Waals surface area contributed by atoms with E-state index in [9.17, 15) is 13.2 Å². The predicted molar refractivity (Wildman–Crippen MR) is 84.7 cm³/mol. The molecular formula is C14H19BrF3NOS. The summed E-state index contributed by atoms with van der Waals surface area (Å²) in [5.74, 6) is 1.99. The maximum atomic E-state index is 12.2. The standard InChI is InChI=1S/C14H19BrF3NOS/c1-3-21-7-6-10(2)19-9-11-4-5-13(12(15)8-11)20-14(16,17)18/h4-5,8,10,19H,3,6-7,9H2,1-2H3. The minimum absolute atomic E-state index is 0.223. The molecule has 0 amide bonds. The molecule has 120 valence electrons. The van der Waals surface area contributed by atoms with Crippen molar-refractivity contribution in [2.75, 3.05) is 11.5 Å². The number of halogens is 4. The number of alkyl halides is 3. The van der Waals surface area contributed by atoms with E-state index in [1.807, 2.05) is 11.8 Å². The average Bonchev–Trinajstić information content (AvgIpc) is 2.38. The molecule has 0 aromatic heterocycles. The second kappa shape index (κ2) is 8.90. The van der Waals surface area contributed by atoms with Gasteiger partial charge in [-0.05, 0) is 58.5 Å². The van der Waals surface area contributed by atoms with Crippen LogP contribution in [0.1, 0.15) is 25.8 Å². The van der Waals surface area contributed by atoms with Gasteiger partial charge in [0.05, 0.1) is 4.47 Å². The van der Waals surface area contributed by atoms with Crippen LogP contribution in [0.2, 0.25) is 0 Å². The van der Waals surface area contributed by atoms with Crippen LogP contribution >= 0.6 is 27.7 Å². The third-order valence-corrected chi connectivity index (χ3v) is 4.33. The topological polar surface area (TPSA) is 21.3 Å². The van der Waals surface area contributed by atoms with Crippen molar-refractivity contribution in [3.63, 3.8) is 0 Å². The van der Waals surface area contributed by atoms with Crippen LogP contribution < -0.4 is 10.1 Å². The van der Waals surface area contributed by atoms with E-state index < -0.39 is 6.36 Å². The van der Waals surface area contributed by atoms with Gasteiger partial charge in [0.15, 0.2) is 0 Å². The molecule has 0 fully saturated rings. The van der Waals surface area contributed by atoms with Crippen molar-refractivity contribution in [2.24, 2.45) is 0 Å². The van der Waals surface area contributed by atoms with E-state index >= 15 is 0 Å². The monoisotopic (exact) mass is 385 g/mol. The molecule has 1 N–H and O–H groups in total. The Bertz CT molecular complexity index is 443. The molecule has 0 spiro atoms. The van der Waals surface area contributed by atoms with Crippen LogP contribution in [0.5, 0.6) is 5.75 Å².